The van der Waals surface area contributed by atoms with E-state index < -0.39 is 0 Å². The van der Waals surface area contributed by atoms with Crippen molar-refractivity contribution >= 4 is 34.9 Å². The molecule has 0 bridgehead atoms. The summed E-state index contributed by atoms with van der Waals surface area (Å²) in [6.45, 7) is 2.24. The molecule has 34 heavy (non-hydrogen) atoms. The number of likely N-dealkylation sites (tertiary alicyclic amines) is 1. The lowest BCUT2D eigenvalue weighted by molar-refractivity contribution is -0.127. The summed E-state index contributed by atoms with van der Waals surface area (Å²) in [5.74, 6) is 0.794. The van der Waals surface area contributed by atoms with Crippen molar-refractivity contribution in [2.24, 2.45) is 0 Å². The molecule has 8 nitrogen and oxygen atoms in total. The van der Waals surface area contributed by atoms with Crippen molar-refractivity contribution < 1.29 is 23.9 Å². The molecule has 2 fully saturated rings. The largest absolute Gasteiger partial charge is 0.454 e. The van der Waals surface area contributed by atoms with Gasteiger partial charge in [-0.15, -0.1) is 0 Å². The van der Waals surface area contributed by atoms with Crippen LogP contribution < -0.4 is 14.8 Å². The Labute approximate surface area is 201 Å². The smallest absolute Gasteiger partial charge is 0.293 e. The monoisotopic (exact) mass is 479 g/mol. The zero-order chi connectivity index (χ0) is 23.5. The molecule has 0 aliphatic carbocycles. The molecular formula is C25H25N3O5S. The average Bonchev–Trinajstić information content (AvgIpc) is 3.58. The minimum absolute atomic E-state index is 0.115. The quantitative estimate of drug-likeness (QED) is 0.609. The number of nitrogens with one attached hydrogen (secondary N) is 1. The van der Waals surface area contributed by atoms with Crippen LogP contribution in [0.4, 0.5) is 4.79 Å². The molecule has 0 spiro atoms. The number of ether oxygens (including phenoxy) is 2. The van der Waals surface area contributed by atoms with Crippen LogP contribution in [0.3, 0.4) is 0 Å². The summed E-state index contributed by atoms with van der Waals surface area (Å²) in [7, 11) is 0. The van der Waals surface area contributed by atoms with Crippen LogP contribution in [0.1, 0.15) is 30.0 Å². The lowest BCUT2D eigenvalue weighted by atomic mass is 10.0. The van der Waals surface area contributed by atoms with Gasteiger partial charge in [0.2, 0.25) is 12.7 Å². The third-order valence-corrected chi connectivity index (χ3v) is 6.98. The van der Waals surface area contributed by atoms with Gasteiger partial charge < -0.3 is 14.8 Å². The summed E-state index contributed by atoms with van der Waals surface area (Å²) in [4.78, 5) is 42.1. The number of nitrogens with zero attached hydrogens (tertiary/aromatic N) is 2. The highest BCUT2D eigenvalue weighted by Gasteiger charge is 2.35. The average molecular weight is 480 g/mol. The normalized spacial score (nSPS) is 19.8. The first kappa shape index (κ1) is 22.5. The van der Waals surface area contributed by atoms with Gasteiger partial charge in [0, 0.05) is 13.1 Å². The lowest BCUT2D eigenvalue weighted by Gasteiger charge is -2.27. The summed E-state index contributed by atoms with van der Waals surface area (Å²) in [6.07, 6.45) is 3.82. The Kier molecular flexibility index (Phi) is 6.55. The van der Waals surface area contributed by atoms with Gasteiger partial charge in [-0.3, -0.25) is 24.2 Å². The number of thioether (sulfide) groups is 1. The molecule has 3 amide bonds. The summed E-state index contributed by atoms with van der Waals surface area (Å²) in [5.41, 5.74) is 1.69. The number of fused-ring (bicyclic) bond motifs is 1. The molecule has 0 radical (unpaired) electrons. The first-order valence-electron chi connectivity index (χ1n) is 11.3. The minimum Gasteiger partial charge on any atom is -0.454 e. The fourth-order valence-electron chi connectivity index (χ4n) is 4.40. The van der Waals surface area contributed by atoms with Gasteiger partial charge in [0.15, 0.2) is 11.5 Å². The first-order valence-corrected chi connectivity index (χ1v) is 12.1. The highest BCUT2D eigenvalue weighted by Crippen LogP contribution is 2.36. The van der Waals surface area contributed by atoms with Crippen LogP contribution >= 0.6 is 11.8 Å². The fraction of sp³-hybridized carbons (Fsp3) is 0.320. The molecule has 1 unspecified atom stereocenters. The van der Waals surface area contributed by atoms with E-state index in [1.54, 1.807) is 18.2 Å². The van der Waals surface area contributed by atoms with E-state index in [2.05, 4.69) is 10.2 Å². The standard InChI is InChI=1S/C25H25N3O5S/c29-23(22(27-11-4-5-12-27)18-6-2-1-3-7-18)26-10-13-28-24(30)21(34-25(28)31)15-17-8-9-19-20(14-17)33-16-32-19/h1-3,6-9,14-15,22H,4-5,10-13,16H2,(H,26,29)/b21-15+. The van der Waals surface area contributed by atoms with Crippen molar-refractivity contribution in [3.8, 4) is 11.5 Å². The van der Waals surface area contributed by atoms with E-state index in [1.165, 1.54) is 4.90 Å². The molecule has 5 rings (SSSR count). The van der Waals surface area contributed by atoms with Gasteiger partial charge >= 0.3 is 0 Å². The number of hydrogen-bond donors (Lipinski definition) is 1. The summed E-state index contributed by atoms with van der Waals surface area (Å²) >= 11 is 0.898. The van der Waals surface area contributed by atoms with Crippen molar-refractivity contribution in [2.75, 3.05) is 33.0 Å². The van der Waals surface area contributed by atoms with Gasteiger partial charge in [0.25, 0.3) is 11.1 Å². The predicted octanol–water partition coefficient (Wildman–Crippen LogP) is 3.40. The molecule has 1 N–H and O–H groups in total. The predicted molar refractivity (Wildman–Crippen MR) is 128 cm³/mol. The van der Waals surface area contributed by atoms with Crippen LogP contribution in [-0.4, -0.2) is 59.8 Å². The summed E-state index contributed by atoms with van der Waals surface area (Å²) in [5, 5.41) is 2.59. The second-order valence-electron chi connectivity index (χ2n) is 8.29. The van der Waals surface area contributed by atoms with Crippen LogP contribution in [0.25, 0.3) is 6.08 Å². The Morgan fingerprint density at radius 2 is 1.82 bits per heavy atom. The van der Waals surface area contributed by atoms with E-state index in [1.807, 2.05) is 36.4 Å². The Morgan fingerprint density at radius 3 is 2.62 bits per heavy atom. The molecule has 2 saturated heterocycles. The highest BCUT2D eigenvalue weighted by atomic mass is 32.2. The topological polar surface area (TPSA) is 88.2 Å². The van der Waals surface area contributed by atoms with Crippen LogP contribution in [0.15, 0.2) is 53.4 Å². The number of hydrogen-bond acceptors (Lipinski definition) is 7. The van der Waals surface area contributed by atoms with E-state index in [4.69, 9.17) is 9.47 Å². The van der Waals surface area contributed by atoms with Crippen molar-refractivity contribution in [1.29, 1.82) is 0 Å². The summed E-state index contributed by atoms with van der Waals surface area (Å²) < 4.78 is 10.7. The molecule has 176 valence electrons. The fourth-order valence-corrected chi connectivity index (χ4v) is 5.26. The summed E-state index contributed by atoms with van der Waals surface area (Å²) in [6, 6.07) is 14.7. The van der Waals surface area contributed by atoms with Gasteiger partial charge in [0.05, 0.1) is 4.91 Å². The van der Waals surface area contributed by atoms with E-state index in [0.29, 0.717) is 16.4 Å². The minimum atomic E-state index is -0.371. The molecule has 0 saturated carbocycles. The number of amides is 3. The van der Waals surface area contributed by atoms with Crippen LogP contribution in [0.5, 0.6) is 11.5 Å². The number of carbonyl (C=O) groups is 3. The van der Waals surface area contributed by atoms with Gasteiger partial charge in [-0.1, -0.05) is 36.4 Å². The molecule has 3 aliphatic rings. The maximum Gasteiger partial charge on any atom is 0.293 e. The number of rotatable bonds is 7. The Bertz CT molecular complexity index is 1130. The molecule has 0 aromatic heterocycles. The second kappa shape index (κ2) is 9.90. The van der Waals surface area contributed by atoms with Crippen LogP contribution in [0, 0.1) is 0 Å². The first-order chi connectivity index (χ1) is 16.6. The highest BCUT2D eigenvalue weighted by molar-refractivity contribution is 8.18. The van der Waals surface area contributed by atoms with Crippen molar-refractivity contribution in [3.63, 3.8) is 0 Å². The van der Waals surface area contributed by atoms with Gasteiger partial charge in [-0.05, 0) is 67.0 Å². The van der Waals surface area contributed by atoms with Crippen molar-refractivity contribution in [2.45, 2.75) is 18.9 Å². The zero-order valence-electron chi connectivity index (χ0n) is 18.6. The Morgan fingerprint density at radius 1 is 1.06 bits per heavy atom. The molecular weight excluding hydrogens is 454 g/mol. The third-order valence-electron chi connectivity index (χ3n) is 6.07. The van der Waals surface area contributed by atoms with Gasteiger partial charge in [0.1, 0.15) is 6.04 Å². The van der Waals surface area contributed by atoms with E-state index in [0.717, 1.165) is 48.8 Å². The van der Waals surface area contributed by atoms with Crippen LogP contribution in [-0.2, 0) is 9.59 Å². The van der Waals surface area contributed by atoms with E-state index in [-0.39, 0.29) is 43.0 Å². The van der Waals surface area contributed by atoms with E-state index in [9.17, 15) is 14.4 Å². The second-order valence-corrected chi connectivity index (χ2v) is 9.29. The van der Waals surface area contributed by atoms with Crippen molar-refractivity contribution in [1.82, 2.24) is 15.1 Å². The van der Waals surface area contributed by atoms with E-state index >= 15 is 0 Å². The Hall–Kier alpha value is -3.30. The molecule has 1 atom stereocenters. The molecule has 3 heterocycles. The molecule has 3 aliphatic heterocycles. The number of carbonyl (C=O) groups excluding carboxylic acids is 3. The van der Waals surface area contributed by atoms with Crippen LogP contribution in [0.2, 0.25) is 0 Å². The zero-order valence-corrected chi connectivity index (χ0v) is 19.4. The SMILES string of the molecule is O=C(NCCN1C(=O)S/C(=C/c2ccc3c(c2)OCO3)C1=O)C(c1ccccc1)N1CCCC1. The Balaban J connectivity index is 1.21. The third kappa shape index (κ3) is 4.67. The maximum absolute atomic E-state index is 13.1. The molecule has 2 aromatic carbocycles. The molecule has 2 aromatic rings. The van der Waals surface area contributed by atoms with Gasteiger partial charge in [-0.2, -0.15) is 0 Å². The lowest BCUT2D eigenvalue weighted by Crippen LogP contribution is -2.43. The number of imide groups is 1. The van der Waals surface area contributed by atoms with Gasteiger partial charge in [-0.25, -0.2) is 0 Å². The number of benzene rings is 2. The molecule has 9 heteroatoms. The maximum atomic E-state index is 13.1. The van der Waals surface area contributed by atoms with Crippen molar-refractivity contribution in [3.05, 3.63) is 64.6 Å².